The van der Waals surface area contributed by atoms with Crippen LogP contribution in [0.15, 0.2) is 117 Å². The number of hydrogen-bond donors (Lipinski definition) is 0. The minimum Gasteiger partial charge on any atom is -0.463 e. The van der Waals surface area contributed by atoms with Gasteiger partial charge in [0.15, 0.2) is 0 Å². The Labute approximate surface area is 265 Å². The summed E-state index contributed by atoms with van der Waals surface area (Å²) in [6, 6.07) is 0. The fraction of sp³-hybridized carbons (Fsp3) is 0.462. The predicted octanol–water partition coefficient (Wildman–Crippen LogP) is 9.32. The lowest BCUT2D eigenvalue weighted by atomic mass is 9.88. The summed E-state index contributed by atoms with van der Waals surface area (Å²) in [7, 11) is 0. The standard InChI is InChI=1S/C39H51N3O2/c1-6-12-31(25-29(3)4)13-8-9-14-32-18-17-30(5)38(41-27-32)34-19-20-35-28-40-22-21-37(36(35)26-34)42-23-10-15-33(16-11-24-42)39(43)44-7-2/h9,14-15,17-19,21-22,26-29,31H,5-8,10-13,16,20,23-25H2,1-4H3/b14-9+,33-15-. The number of rotatable bonds is 12. The normalized spacial score (nSPS) is 21.0. The first-order chi connectivity index (χ1) is 21.4. The molecule has 3 heterocycles. The van der Waals surface area contributed by atoms with Crippen LogP contribution in [0.25, 0.3) is 0 Å². The van der Waals surface area contributed by atoms with E-state index in [0.717, 1.165) is 85.0 Å². The van der Waals surface area contributed by atoms with Crippen LogP contribution >= 0.6 is 0 Å². The van der Waals surface area contributed by atoms with Gasteiger partial charge in [0, 0.05) is 48.5 Å². The van der Waals surface area contributed by atoms with Gasteiger partial charge in [0.05, 0.1) is 12.3 Å². The zero-order valence-corrected chi connectivity index (χ0v) is 27.4. The van der Waals surface area contributed by atoms with E-state index in [2.05, 4.69) is 85.9 Å². The van der Waals surface area contributed by atoms with Gasteiger partial charge < -0.3 is 9.64 Å². The lowest BCUT2D eigenvalue weighted by molar-refractivity contribution is -0.138. The van der Waals surface area contributed by atoms with Crippen LogP contribution in [0.3, 0.4) is 0 Å². The molecular formula is C39H51N3O2. The number of esters is 1. The van der Waals surface area contributed by atoms with Crippen molar-refractivity contribution in [3.8, 4) is 0 Å². The van der Waals surface area contributed by atoms with Gasteiger partial charge in [-0.25, -0.2) is 4.79 Å². The molecule has 0 spiro atoms. The molecule has 0 aromatic rings. The van der Waals surface area contributed by atoms with Crippen LogP contribution in [0.1, 0.15) is 85.5 Å². The lowest BCUT2D eigenvalue weighted by Crippen LogP contribution is -2.29. The Morgan fingerprint density at radius 1 is 1.14 bits per heavy atom. The van der Waals surface area contributed by atoms with Gasteiger partial charge in [0.2, 0.25) is 0 Å². The van der Waals surface area contributed by atoms with Crippen LogP contribution in [-0.2, 0) is 9.53 Å². The summed E-state index contributed by atoms with van der Waals surface area (Å²) in [5, 5.41) is 0. The molecule has 0 radical (unpaired) electrons. The van der Waals surface area contributed by atoms with Crippen molar-refractivity contribution in [3.63, 3.8) is 0 Å². The lowest BCUT2D eigenvalue weighted by Gasteiger charge is -2.31. The van der Waals surface area contributed by atoms with E-state index in [1.165, 1.54) is 42.5 Å². The molecule has 0 fully saturated rings. The highest BCUT2D eigenvalue weighted by Crippen LogP contribution is 2.34. The second-order valence-corrected chi connectivity index (χ2v) is 12.5. The Balaban J connectivity index is 1.48. The number of fused-ring (bicyclic) bond motifs is 1. The highest BCUT2D eigenvalue weighted by molar-refractivity contribution is 6.16. The molecule has 0 saturated heterocycles. The third-order valence-corrected chi connectivity index (χ3v) is 8.51. The van der Waals surface area contributed by atoms with Gasteiger partial charge in [-0.2, -0.15) is 0 Å². The maximum atomic E-state index is 12.3. The first kappa shape index (κ1) is 33.2. The number of hydrogen-bond acceptors (Lipinski definition) is 5. The Morgan fingerprint density at radius 2 is 2.00 bits per heavy atom. The van der Waals surface area contributed by atoms with Crippen LogP contribution in [0, 0.1) is 11.8 Å². The molecule has 234 valence electrons. The number of carbonyl (C=O) groups is 1. The summed E-state index contributed by atoms with van der Waals surface area (Å²) < 4.78 is 5.25. The Kier molecular flexibility index (Phi) is 12.8. The number of carbonyl (C=O) groups excluding carboxylic acids is 1. The molecule has 3 aliphatic heterocycles. The van der Waals surface area contributed by atoms with Crippen molar-refractivity contribution in [3.05, 3.63) is 107 Å². The maximum Gasteiger partial charge on any atom is 0.333 e. The van der Waals surface area contributed by atoms with E-state index < -0.39 is 0 Å². The molecule has 1 aliphatic carbocycles. The van der Waals surface area contributed by atoms with Crippen LogP contribution in [-0.4, -0.2) is 42.5 Å². The summed E-state index contributed by atoms with van der Waals surface area (Å²) >= 11 is 0. The first-order valence-corrected chi connectivity index (χ1v) is 16.7. The van der Waals surface area contributed by atoms with Crippen molar-refractivity contribution in [1.29, 1.82) is 0 Å². The molecule has 5 heteroatoms. The van der Waals surface area contributed by atoms with Gasteiger partial charge in [0.25, 0.3) is 0 Å². The molecular weight excluding hydrogens is 542 g/mol. The summed E-state index contributed by atoms with van der Waals surface area (Å²) in [5.41, 5.74) is 8.38. The van der Waals surface area contributed by atoms with Gasteiger partial charge in [-0.05, 0) is 98.1 Å². The van der Waals surface area contributed by atoms with Crippen molar-refractivity contribution in [2.75, 3.05) is 19.7 Å². The highest BCUT2D eigenvalue weighted by atomic mass is 16.5. The van der Waals surface area contributed by atoms with E-state index in [1.807, 2.05) is 25.5 Å². The van der Waals surface area contributed by atoms with Crippen molar-refractivity contribution >= 4 is 17.9 Å². The number of aliphatic imine (C=N–C) groups is 2. The fourth-order valence-corrected chi connectivity index (χ4v) is 6.40. The van der Waals surface area contributed by atoms with Gasteiger partial charge >= 0.3 is 5.97 Å². The molecule has 44 heavy (non-hydrogen) atoms. The Morgan fingerprint density at radius 3 is 2.80 bits per heavy atom. The maximum absolute atomic E-state index is 12.3. The van der Waals surface area contributed by atoms with Crippen LogP contribution in [0.2, 0.25) is 0 Å². The third kappa shape index (κ3) is 9.38. The van der Waals surface area contributed by atoms with Crippen LogP contribution in [0.5, 0.6) is 0 Å². The van der Waals surface area contributed by atoms with E-state index in [-0.39, 0.29) is 5.97 Å². The molecule has 0 saturated carbocycles. The highest BCUT2D eigenvalue weighted by Gasteiger charge is 2.24. The zero-order chi connectivity index (χ0) is 31.3. The molecule has 0 N–H and O–H groups in total. The average molecular weight is 594 g/mol. The van der Waals surface area contributed by atoms with Crippen molar-refractivity contribution in [2.24, 2.45) is 21.8 Å². The largest absolute Gasteiger partial charge is 0.463 e. The number of allylic oxidation sites excluding steroid dienone is 11. The van der Waals surface area contributed by atoms with E-state index in [9.17, 15) is 4.79 Å². The molecule has 1 atom stereocenters. The molecule has 1 unspecified atom stereocenters. The summed E-state index contributed by atoms with van der Waals surface area (Å²) in [5.74, 6) is 1.39. The molecule has 0 amide bonds. The first-order valence-electron chi connectivity index (χ1n) is 16.7. The smallest absolute Gasteiger partial charge is 0.333 e. The quantitative estimate of drug-likeness (QED) is 0.212. The van der Waals surface area contributed by atoms with Gasteiger partial charge in [-0.15, -0.1) is 0 Å². The predicted molar refractivity (Wildman–Crippen MR) is 186 cm³/mol. The molecule has 0 aromatic carbocycles. The fourth-order valence-electron chi connectivity index (χ4n) is 6.40. The summed E-state index contributed by atoms with van der Waals surface area (Å²) in [4.78, 5) is 24.2. The SMILES string of the molecule is C=C1C=CC(/C=C/CCC(CCC)CC(C)C)=CN=C1C1=CCC2=CN=CC=C(N3CC/C=C(\C(=O)OCC)CCC3)C2=C1. The molecule has 4 rings (SSSR count). The number of ether oxygens (including phenoxy) is 1. The van der Waals surface area contributed by atoms with E-state index in [0.29, 0.717) is 6.61 Å². The van der Waals surface area contributed by atoms with E-state index in [4.69, 9.17) is 9.73 Å². The topological polar surface area (TPSA) is 54.3 Å². The minimum atomic E-state index is -0.176. The zero-order valence-electron chi connectivity index (χ0n) is 27.4. The minimum absolute atomic E-state index is 0.176. The van der Waals surface area contributed by atoms with E-state index in [1.54, 1.807) is 0 Å². The van der Waals surface area contributed by atoms with Gasteiger partial charge in [0.1, 0.15) is 0 Å². The van der Waals surface area contributed by atoms with Crippen molar-refractivity contribution in [1.82, 2.24) is 4.90 Å². The van der Waals surface area contributed by atoms with Gasteiger partial charge in [-0.1, -0.05) is 76.6 Å². The van der Waals surface area contributed by atoms with Gasteiger partial charge in [-0.3, -0.25) is 9.98 Å². The van der Waals surface area contributed by atoms with Crippen LogP contribution < -0.4 is 0 Å². The average Bonchev–Trinajstić information content (AvgIpc) is 3.30. The monoisotopic (exact) mass is 593 g/mol. The summed E-state index contributed by atoms with van der Waals surface area (Å²) in [6.45, 7) is 15.3. The third-order valence-electron chi connectivity index (χ3n) is 8.51. The van der Waals surface area contributed by atoms with Crippen molar-refractivity contribution < 1.29 is 9.53 Å². The molecule has 0 aromatic heterocycles. The Hall–Kier alpha value is -3.73. The summed E-state index contributed by atoms with van der Waals surface area (Å²) in [6.07, 6.45) is 32.7. The van der Waals surface area contributed by atoms with E-state index >= 15 is 0 Å². The molecule has 0 bridgehead atoms. The molecule has 4 aliphatic rings. The number of nitrogens with zero attached hydrogens (tertiary/aromatic N) is 3. The second kappa shape index (κ2) is 16.9. The second-order valence-electron chi connectivity index (χ2n) is 12.5. The Bertz CT molecular complexity index is 1370. The van der Waals surface area contributed by atoms with Crippen LogP contribution in [0.4, 0.5) is 0 Å². The molecule has 5 nitrogen and oxygen atoms in total. The van der Waals surface area contributed by atoms with Crippen molar-refractivity contribution in [2.45, 2.75) is 85.5 Å².